The van der Waals surface area contributed by atoms with Gasteiger partial charge in [-0.2, -0.15) is 0 Å². The number of amides is 11. The number of aromatic nitrogens is 2. The molecule has 0 spiro atoms. The number of guanidine groups is 2. The highest BCUT2D eigenvalue weighted by Crippen LogP contribution is 2.23. The summed E-state index contributed by atoms with van der Waals surface area (Å²) < 4.78 is 0. The van der Waals surface area contributed by atoms with E-state index in [2.05, 4.69) is 79.1 Å². The molecule has 2 heterocycles. The number of rotatable bonds is 55. The summed E-state index contributed by atoms with van der Waals surface area (Å²) >= 11 is 0. The van der Waals surface area contributed by atoms with Crippen molar-refractivity contribution in [3.05, 3.63) is 72.1 Å². The van der Waals surface area contributed by atoms with Crippen LogP contribution < -0.4 is 104 Å². The second-order valence-corrected chi connectivity index (χ2v) is 30.5. The van der Waals surface area contributed by atoms with Crippen LogP contribution in [0.4, 0.5) is 0 Å². The van der Waals surface area contributed by atoms with Crippen molar-refractivity contribution in [2.45, 2.75) is 244 Å². The summed E-state index contributed by atoms with van der Waals surface area (Å²) in [7, 11) is 0. The quantitative estimate of drug-likeness (QED) is 0.0156. The molecule has 2 aromatic heterocycles. The number of nitrogens with two attached hydrogens (primary N) is 6. The van der Waals surface area contributed by atoms with E-state index >= 15 is 4.79 Å². The Morgan fingerprint density at radius 1 is 0.404 bits per heavy atom. The number of benzene rings is 2. The van der Waals surface area contributed by atoms with Crippen molar-refractivity contribution in [2.75, 3.05) is 39.3 Å². The molecule has 0 radical (unpaired) electrons. The standard InChI is InChI=1S/C78H129N23O13/c1-9-47(8)65(75(112)91-43-64(102)92-59(36-44(2)3)70(107)95-57(29-20-34-87-77(83)84)68(105)93-55(27-15-18-32-80)67(104)94-56(28-16-19-33-81)69(106)96-58(76(113)114)30-21-35-88-78(85)86)101-74(111)63(40-49-42-90-54-26-13-11-23-51(49)54)100-72(109)61(38-46(6)7)98-71(108)60(37-45(4)5)99-73(110)62(97-66(103)52(82)24-14-17-31-79)39-48-41-89-53-25-12-10-22-50(48)53/h10-13,22-23,25-26,41-42,44-47,52,55-63,65,89-90H,9,14-21,24,27-40,43,79-82H2,1-8H3,(H,91,112)(H,92,102)(H,93,105)(H,94,104)(H,95,107)(H,96,106)(H,97,103)(H,98,108)(H,99,110)(H,100,109)(H,101,111)(H,113,114)(H4,83,84,87)(H4,85,86,88)/t47-,52-,55-,56-,57-,58-,59-,60-,61-,62-,63-,65-/m0/s1. The van der Waals surface area contributed by atoms with Gasteiger partial charge in [-0.05, 0) is 163 Å². The maximum Gasteiger partial charge on any atom is 0.326 e. The Labute approximate surface area is 667 Å². The maximum absolute atomic E-state index is 15.1. The molecular formula is C78H129N23O13. The Balaban J connectivity index is 1.60. The molecule has 0 aliphatic carbocycles. The van der Waals surface area contributed by atoms with Gasteiger partial charge in [0, 0.05) is 60.1 Å². The maximum atomic E-state index is 15.1. The highest BCUT2D eigenvalue weighted by Gasteiger charge is 2.38. The van der Waals surface area contributed by atoms with Crippen LogP contribution in [-0.4, -0.2) is 204 Å². The lowest BCUT2D eigenvalue weighted by atomic mass is 9.96. The minimum absolute atomic E-state index is 0.0142. The van der Waals surface area contributed by atoms with Crippen LogP contribution in [0.3, 0.4) is 0 Å². The summed E-state index contributed by atoms with van der Waals surface area (Å²) in [5, 5.41) is 62.0. The zero-order valence-electron chi connectivity index (χ0n) is 67.4. The number of hydrogen-bond acceptors (Lipinski definition) is 18. The van der Waals surface area contributed by atoms with Crippen molar-refractivity contribution in [1.29, 1.82) is 10.8 Å². The zero-order valence-corrected chi connectivity index (χ0v) is 67.4. The van der Waals surface area contributed by atoms with E-state index in [1.165, 1.54) is 0 Å². The predicted molar refractivity (Wildman–Crippen MR) is 437 cm³/mol. The molecule has 12 atom stereocenters. The van der Waals surface area contributed by atoms with Gasteiger partial charge < -0.3 is 119 Å². The molecule has 114 heavy (non-hydrogen) atoms. The van der Waals surface area contributed by atoms with Crippen molar-refractivity contribution < 1.29 is 62.6 Å². The van der Waals surface area contributed by atoms with Crippen molar-refractivity contribution in [2.24, 2.45) is 58.1 Å². The summed E-state index contributed by atoms with van der Waals surface area (Å²) in [6.07, 6.45) is 7.29. The van der Waals surface area contributed by atoms with Crippen LogP contribution in [0, 0.1) is 34.5 Å². The molecule has 36 nitrogen and oxygen atoms in total. The van der Waals surface area contributed by atoms with Crippen LogP contribution >= 0.6 is 0 Å². The fourth-order valence-corrected chi connectivity index (χ4v) is 13.0. The minimum Gasteiger partial charge on any atom is -0.480 e. The monoisotopic (exact) mass is 1600 g/mol. The molecule has 634 valence electrons. The van der Waals surface area contributed by atoms with E-state index in [1.54, 1.807) is 40.1 Å². The third-order valence-electron chi connectivity index (χ3n) is 19.4. The lowest BCUT2D eigenvalue weighted by Crippen LogP contribution is -2.61. The third kappa shape index (κ3) is 34.1. The number of fused-ring (bicyclic) bond motifs is 2. The molecule has 4 aromatic rings. The zero-order chi connectivity index (χ0) is 84.6. The molecule has 0 unspecified atom stereocenters. The van der Waals surface area contributed by atoms with Crippen molar-refractivity contribution in [3.63, 3.8) is 0 Å². The number of carboxylic acids is 1. The van der Waals surface area contributed by atoms with Gasteiger partial charge in [0.25, 0.3) is 0 Å². The molecule has 30 N–H and O–H groups in total. The molecule has 0 aliphatic heterocycles. The van der Waals surface area contributed by atoms with E-state index in [9.17, 15) is 57.8 Å². The first kappa shape index (κ1) is 95.9. The molecule has 0 saturated carbocycles. The van der Waals surface area contributed by atoms with Crippen LogP contribution in [0.1, 0.15) is 176 Å². The van der Waals surface area contributed by atoms with E-state index in [4.69, 9.17) is 45.2 Å². The highest BCUT2D eigenvalue weighted by molar-refractivity contribution is 6.00. The van der Waals surface area contributed by atoms with Gasteiger partial charge >= 0.3 is 5.97 Å². The Morgan fingerprint density at radius 3 is 1.13 bits per heavy atom. The van der Waals surface area contributed by atoms with Crippen molar-refractivity contribution in [3.8, 4) is 0 Å². The summed E-state index contributed by atoms with van der Waals surface area (Å²) in [6.45, 7) is 14.9. The predicted octanol–water partition coefficient (Wildman–Crippen LogP) is -0.0916. The second-order valence-electron chi connectivity index (χ2n) is 30.5. The van der Waals surface area contributed by atoms with Gasteiger partial charge in [0.05, 0.1) is 12.6 Å². The van der Waals surface area contributed by atoms with Crippen molar-refractivity contribution >= 4 is 105 Å². The van der Waals surface area contributed by atoms with Crippen LogP contribution in [0.5, 0.6) is 0 Å². The molecule has 11 amide bonds. The molecule has 0 fully saturated rings. The van der Waals surface area contributed by atoms with Crippen LogP contribution in [0.15, 0.2) is 60.9 Å². The normalized spacial score (nSPS) is 14.6. The van der Waals surface area contributed by atoms with Crippen LogP contribution in [-0.2, 0) is 70.4 Å². The highest BCUT2D eigenvalue weighted by atomic mass is 16.4. The molecule has 4 rings (SSSR count). The van der Waals surface area contributed by atoms with E-state index in [0.29, 0.717) is 63.5 Å². The SMILES string of the molecule is CC[C@H](C)[C@H](NC(=O)[C@H](Cc1c[nH]c2ccccc12)NC(=O)[C@H](CC(C)C)NC(=O)[C@H](CC(C)C)NC(=O)[C@H](Cc1c[nH]c2ccccc12)NC(=O)[C@@H](N)CCCCN)C(=O)NCC(=O)N[C@@H](CC(C)C)C(=O)N[C@@H](CCCNC(=N)N)C(=O)N[C@@H](CCCCN)C(=O)N[C@@H](CCCCN)C(=O)N[C@@H](CCCNC(=N)N)C(=O)O. The van der Waals surface area contributed by atoms with Gasteiger partial charge in [0.15, 0.2) is 11.9 Å². The number of carboxylic acid groups (broad SMARTS) is 1. The smallest absolute Gasteiger partial charge is 0.326 e. The molecule has 0 saturated heterocycles. The Kier molecular flexibility index (Phi) is 42.6. The minimum atomic E-state index is -1.40. The average Bonchev–Trinajstić information content (AvgIpc) is 1.66. The molecule has 36 heteroatoms. The number of H-pyrrole nitrogens is 2. The van der Waals surface area contributed by atoms with Gasteiger partial charge in [0.2, 0.25) is 65.0 Å². The lowest BCUT2D eigenvalue weighted by Gasteiger charge is -2.29. The number of unbranched alkanes of at least 4 members (excludes halogenated alkanes) is 3. The van der Waals surface area contributed by atoms with E-state index < -0.39 is 150 Å². The second kappa shape index (κ2) is 50.6. The van der Waals surface area contributed by atoms with E-state index in [1.807, 2.05) is 76.2 Å². The first-order valence-electron chi connectivity index (χ1n) is 39.8. The van der Waals surface area contributed by atoms with Gasteiger partial charge in [0.1, 0.15) is 60.4 Å². The van der Waals surface area contributed by atoms with Gasteiger partial charge in [-0.15, -0.1) is 0 Å². The summed E-state index contributed by atoms with van der Waals surface area (Å²) in [5.41, 5.74) is 37.4. The molecule has 0 bridgehead atoms. The van der Waals surface area contributed by atoms with Crippen LogP contribution in [0.25, 0.3) is 21.8 Å². The molecule has 0 aliphatic rings. The molecule has 2 aromatic carbocycles. The average molecular weight is 1600 g/mol. The number of nitrogens with one attached hydrogen (secondary N) is 17. The Morgan fingerprint density at radius 2 is 0.737 bits per heavy atom. The number of aromatic amines is 2. The summed E-state index contributed by atoms with van der Waals surface area (Å²) in [5.74, 6) is -11.6. The summed E-state index contributed by atoms with van der Waals surface area (Å²) in [6, 6.07) is 0.703. The van der Waals surface area contributed by atoms with E-state index in [-0.39, 0.29) is 126 Å². The lowest BCUT2D eigenvalue weighted by molar-refractivity contribution is -0.142. The first-order valence-corrected chi connectivity index (χ1v) is 39.8. The van der Waals surface area contributed by atoms with Gasteiger partial charge in [-0.3, -0.25) is 63.6 Å². The topological polar surface area (TPSA) is 617 Å². The third-order valence-corrected chi connectivity index (χ3v) is 19.4. The van der Waals surface area contributed by atoms with Crippen molar-refractivity contribution in [1.82, 2.24) is 79.1 Å². The fourth-order valence-electron chi connectivity index (χ4n) is 13.0. The Bertz CT molecular complexity index is 3790. The Hall–Kier alpha value is -10.5. The van der Waals surface area contributed by atoms with Gasteiger partial charge in [-0.25, -0.2) is 4.79 Å². The number of carbonyl (C=O) groups is 12. The number of hydrogen-bond donors (Lipinski definition) is 24. The number of aliphatic carboxylic acids is 1. The van der Waals surface area contributed by atoms with Crippen LogP contribution in [0.2, 0.25) is 0 Å². The number of carbonyl (C=O) groups excluding carboxylic acids is 11. The number of para-hydroxylation sites is 2. The molecular weight excluding hydrogens is 1470 g/mol. The largest absolute Gasteiger partial charge is 0.480 e. The first-order chi connectivity index (χ1) is 54.2. The summed E-state index contributed by atoms with van der Waals surface area (Å²) in [4.78, 5) is 178. The van der Waals surface area contributed by atoms with Gasteiger partial charge in [-0.1, -0.05) is 105 Å². The van der Waals surface area contributed by atoms with E-state index in [0.717, 1.165) is 27.4 Å². The fraction of sp³-hybridized carbons (Fsp3) is 0.615.